The Hall–Kier alpha value is -1.66. The van der Waals surface area contributed by atoms with E-state index < -0.39 is 6.04 Å². The molecule has 0 saturated heterocycles. The van der Waals surface area contributed by atoms with Gasteiger partial charge in [-0.1, -0.05) is 17.3 Å². The fourth-order valence-electron chi connectivity index (χ4n) is 1.76. The molecule has 0 spiro atoms. The van der Waals surface area contributed by atoms with Crippen LogP contribution in [0.4, 0.5) is 0 Å². The van der Waals surface area contributed by atoms with E-state index in [2.05, 4.69) is 5.16 Å². The van der Waals surface area contributed by atoms with E-state index in [1.807, 2.05) is 35.0 Å². The van der Waals surface area contributed by atoms with Gasteiger partial charge in [-0.25, -0.2) is 0 Å². The number of rotatable bonds is 4. The van der Waals surface area contributed by atoms with Crippen molar-refractivity contribution in [3.63, 3.8) is 0 Å². The number of oxime groups is 1. The van der Waals surface area contributed by atoms with Crippen molar-refractivity contribution in [1.29, 1.82) is 0 Å². The molecule has 1 unspecified atom stereocenters. The molecule has 0 aliphatic rings. The van der Waals surface area contributed by atoms with Crippen molar-refractivity contribution < 1.29 is 9.95 Å². The summed E-state index contributed by atoms with van der Waals surface area (Å²) in [6.45, 7) is 3.51. The summed E-state index contributed by atoms with van der Waals surface area (Å²) in [5, 5.41) is 28.6. The minimum absolute atomic E-state index is 0.390. The van der Waals surface area contributed by atoms with Crippen molar-refractivity contribution in [2.45, 2.75) is 19.9 Å². The predicted molar refractivity (Wildman–Crippen MR) is 79.8 cm³/mol. The van der Waals surface area contributed by atoms with Crippen LogP contribution in [-0.2, 0) is 0 Å². The van der Waals surface area contributed by atoms with E-state index in [9.17, 15) is 5.21 Å². The minimum atomic E-state index is -0.536. The summed E-state index contributed by atoms with van der Waals surface area (Å²) in [6, 6.07) is 6.97. The summed E-state index contributed by atoms with van der Waals surface area (Å²) < 4.78 is 0.889. The van der Waals surface area contributed by atoms with E-state index in [1.165, 1.54) is 22.7 Å². The number of nitrogens with zero attached hydrogens (tertiary/aromatic N) is 2. The molecular formula is C13H14N2O2S2. The van der Waals surface area contributed by atoms with E-state index in [4.69, 9.17) is 5.21 Å². The van der Waals surface area contributed by atoms with Gasteiger partial charge in [-0.15, -0.1) is 22.7 Å². The Balaban J connectivity index is 2.33. The topological polar surface area (TPSA) is 58.7 Å². The molecule has 100 valence electrons. The third-order valence-corrected chi connectivity index (χ3v) is 4.71. The number of thiophene rings is 2. The van der Waals surface area contributed by atoms with Crippen LogP contribution < -0.4 is 0 Å². The van der Waals surface area contributed by atoms with Gasteiger partial charge in [0.2, 0.25) is 11.8 Å². The zero-order valence-corrected chi connectivity index (χ0v) is 12.2. The molecule has 19 heavy (non-hydrogen) atoms. The fraction of sp³-hybridized carbons (Fsp3) is 0.231. The molecule has 2 aromatic rings. The van der Waals surface area contributed by atoms with Crippen LogP contribution in [0.5, 0.6) is 0 Å². The van der Waals surface area contributed by atoms with Gasteiger partial charge in [-0.3, -0.25) is 0 Å². The average Bonchev–Trinajstić information content (AvgIpc) is 3.10. The lowest BCUT2D eigenvalue weighted by atomic mass is 10.1. The third kappa shape index (κ3) is 2.85. The van der Waals surface area contributed by atoms with Crippen molar-refractivity contribution >= 4 is 34.1 Å². The molecule has 0 aromatic carbocycles. The van der Waals surface area contributed by atoms with Crippen LogP contribution in [0.25, 0.3) is 0 Å². The van der Waals surface area contributed by atoms with Gasteiger partial charge in [-0.05, 0) is 22.9 Å². The molecule has 0 aliphatic carbocycles. The highest BCUT2D eigenvalue weighted by atomic mass is 32.1. The summed E-state index contributed by atoms with van der Waals surface area (Å²) in [4.78, 5) is 1.72. The fourth-order valence-corrected chi connectivity index (χ4v) is 3.27. The van der Waals surface area contributed by atoms with Gasteiger partial charge >= 0.3 is 0 Å². The van der Waals surface area contributed by atoms with Crippen molar-refractivity contribution in [3.8, 4) is 0 Å². The second kappa shape index (κ2) is 5.99. The molecule has 0 aliphatic heterocycles. The number of hydrogen-bond donors (Lipinski definition) is 1. The van der Waals surface area contributed by atoms with Gasteiger partial charge in [0.1, 0.15) is 0 Å². The Morgan fingerprint density at radius 3 is 2.32 bits per heavy atom. The summed E-state index contributed by atoms with van der Waals surface area (Å²) >= 11 is 2.96. The molecule has 2 rings (SSSR count). The first-order chi connectivity index (χ1) is 9.15. The minimum Gasteiger partial charge on any atom is -0.623 e. The molecule has 0 radical (unpaired) electrons. The Morgan fingerprint density at radius 2 is 1.84 bits per heavy atom. The first-order valence-corrected chi connectivity index (χ1v) is 7.50. The maximum atomic E-state index is 12.3. The zero-order valence-electron chi connectivity index (χ0n) is 10.6. The molecule has 0 bridgehead atoms. The lowest BCUT2D eigenvalue weighted by Crippen LogP contribution is -2.31. The van der Waals surface area contributed by atoms with Crippen LogP contribution in [-0.4, -0.2) is 27.4 Å². The largest absolute Gasteiger partial charge is 0.623 e. The van der Waals surface area contributed by atoms with E-state index in [1.54, 1.807) is 13.8 Å². The maximum absolute atomic E-state index is 12.3. The first kappa shape index (κ1) is 13.8. The molecule has 6 heteroatoms. The Morgan fingerprint density at radius 1 is 1.26 bits per heavy atom. The van der Waals surface area contributed by atoms with Gasteiger partial charge in [-0.2, -0.15) is 4.74 Å². The SMILES string of the molecule is CC(c1cccs1)=[N+]([O-])C(C)C(=NO)c1cccs1. The zero-order chi connectivity index (χ0) is 13.8. The monoisotopic (exact) mass is 294 g/mol. The van der Waals surface area contributed by atoms with Gasteiger partial charge < -0.3 is 10.4 Å². The lowest BCUT2D eigenvalue weighted by Gasteiger charge is -2.15. The van der Waals surface area contributed by atoms with E-state index in [0.29, 0.717) is 11.4 Å². The smallest absolute Gasteiger partial charge is 0.207 e. The van der Waals surface area contributed by atoms with Crippen LogP contribution in [0.15, 0.2) is 40.2 Å². The molecule has 1 atom stereocenters. The molecule has 1 N–H and O–H groups in total. The van der Waals surface area contributed by atoms with E-state index >= 15 is 0 Å². The van der Waals surface area contributed by atoms with Crippen molar-refractivity contribution in [1.82, 2.24) is 0 Å². The number of hydroxylamine groups is 1. The molecule has 0 fully saturated rings. The van der Waals surface area contributed by atoms with Gasteiger partial charge in [0.05, 0.1) is 9.75 Å². The third-order valence-electron chi connectivity index (χ3n) is 2.84. The Labute approximate surface area is 119 Å². The highest BCUT2D eigenvalue weighted by Gasteiger charge is 2.24. The second-order valence-electron chi connectivity index (χ2n) is 4.03. The Kier molecular flexibility index (Phi) is 4.34. The van der Waals surface area contributed by atoms with Crippen molar-refractivity contribution in [2.24, 2.45) is 5.16 Å². The van der Waals surface area contributed by atoms with Crippen LogP contribution >= 0.6 is 22.7 Å². The highest BCUT2D eigenvalue weighted by molar-refractivity contribution is 7.12. The Bertz CT molecular complexity index is 586. The quantitative estimate of drug-likeness (QED) is 0.309. The van der Waals surface area contributed by atoms with Crippen LogP contribution in [0.1, 0.15) is 23.6 Å². The van der Waals surface area contributed by atoms with Crippen molar-refractivity contribution in [3.05, 3.63) is 50.0 Å². The molecule has 0 amide bonds. The standard InChI is InChI=1S/C13H14N2O2S2/c1-9(11-5-3-7-18-11)15(17)10(2)13(14-16)12-6-4-8-19-12/h3-8,10,16H,1-2H3. The van der Waals surface area contributed by atoms with Crippen LogP contribution in [0, 0.1) is 5.21 Å². The van der Waals surface area contributed by atoms with Crippen LogP contribution in [0.3, 0.4) is 0 Å². The van der Waals surface area contributed by atoms with E-state index in [0.717, 1.165) is 14.5 Å². The number of hydrogen-bond acceptors (Lipinski definition) is 5. The van der Waals surface area contributed by atoms with Crippen molar-refractivity contribution in [2.75, 3.05) is 0 Å². The predicted octanol–water partition coefficient (Wildman–Crippen LogP) is 3.40. The van der Waals surface area contributed by atoms with Gasteiger partial charge in [0.15, 0.2) is 5.71 Å². The average molecular weight is 294 g/mol. The van der Waals surface area contributed by atoms with Gasteiger partial charge in [0, 0.05) is 13.8 Å². The molecule has 2 heterocycles. The highest BCUT2D eigenvalue weighted by Crippen LogP contribution is 2.16. The summed E-state index contributed by atoms with van der Waals surface area (Å²) in [5.74, 6) is 0. The summed E-state index contributed by atoms with van der Waals surface area (Å²) in [5.41, 5.74) is 1.01. The molecule has 4 nitrogen and oxygen atoms in total. The van der Waals surface area contributed by atoms with Gasteiger partial charge in [0.25, 0.3) is 0 Å². The molecule has 0 saturated carbocycles. The maximum Gasteiger partial charge on any atom is 0.207 e. The lowest BCUT2D eigenvalue weighted by molar-refractivity contribution is -0.476. The first-order valence-electron chi connectivity index (χ1n) is 5.74. The van der Waals surface area contributed by atoms with Crippen LogP contribution in [0.2, 0.25) is 0 Å². The van der Waals surface area contributed by atoms with E-state index in [-0.39, 0.29) is 0 Å². The second-order valence-corrected chi connectivity index (χ2v) is 5.92. The molecular weight excluding hydrogens is 280 g/mol. The summed E-state index contributed by atoms with van der Waals surface area (Å²) in [6.07, 6.45) is 0. The summed E-state index contributed by atoms with van der Waals surface area (Å²) in [7, 11) is 0. The molecule has 2 aromatic heterocycles. The normalized spacial score (nSPS) is 15.2.